The molecule has 0 fully saturated rings. The summed E-state index contributed by atoms with van der Waals surface area (Å²) in [6.45, 7) is -0.0350. The summed E-state index contributed by atoms with van der Waals surface area (Å²) in [4.78, 5) is 11.6. The molecule has 1 aliphatic carbocycles. The number of amides is 1. The predicted octanol–water partition coefficient (Wildman–Crippen LogP) is 3.83. The zero-order valence-electron chi connectivity index (χ0n) is 17.2. The second kappa shape index (κ2) is 8.47. The van der Waals surface area contributed by atoms with E-state index in [0.29, 0.717) is 17.7 Å². The van der Waals surface area contributed by atoms with Crippen LogP contribution in [0.4, 0.5) is 4.79 Å². The van der Waals surface area contributed by atoms with Gasteiger partial charge in [-0.1, -0.05) is 30.3 Å². The molecule has 8 heteroatoms. The lowest BCUT2D eigenvalue weighted by atomic mass is 9.91. The summed E-state index contributed by atoms with van der Waals surface area (Å²) in [5.74, 6) is -0.125. The van der Waals surface area contributed by atoms with Crippen LogP contribution in [0, 0.1) is 0 Å². The Morgan fingerprint density at radius 1 is 1.13 bits per heavy atom. The highest BCUT2D eigenvalue weighted by molar-refractivity contribution is 7.90. The number of aromatic hydroxyl groups is 1. The van der Waals surface area contributed by atoms with E-state index in [2.05, 4.69) is 5.32 Å². The number of carbonyl (C=O) groups is 1. The summed E-state index contributed by atoms with van der Waals surface area (Å²) in [7, 11) is -2.52. The number of alkyl carbamates (subject to hydrolysis) is 1. The number of aromatic nitrogens is 1. The van der Waals surface area contributed by atoms with E-state index in [9.17, 15) is 18.3 Å². The molecular formula is C23H24N2O5S. The minimum absolute atomic E-state index is 0.0105. The first-order valence-electron chi connectivity index (χ1n) is 10.1. The van der Waals surface area contributed by atoms with Crippen molar-refractivity contribution in [3.8, 4) is 17.0 Å². The van der Waals surface area contributed by atoms with E-state index >= 15 is 0 Å². The smallest absolute Gasteiger partial charge is 0.407 e. The Morgan fingerprint density at radius 3 is 2.68 bits per heavy atom. The molecule has 4 rings (SSSR count). The standard InChI is InChI=1S/C23H24N2O5S/c1-24-23(27)30-15-17-14-25(31(28,29)19-10-6-9-18(26)13-19)22-20-11-4-2-7-16(20)8-3-5-12-21(17)22/h2,4,6-7,9-11,13-14,26H,3,5,8,12,15H2,1H3,(H,24,27). The molecule has 0 unspecified atom stereocenters. The van der Waals surface area contributed by atoms with Crippen LogP contribution in [-0.2, 0) is 34.2 Å². The van der Waals surface area contributed by atoms with Crippen molar-refractivity contribution >= 4 is 16.1 Å². The Kier molecular flexibility index (Phi) is 5.73. The number of nitrogens with zero attached hydrogens (tertiary/aromatic N) is 1. The van der Waals surface area contributed by atoms with Crippen LogP contribution < -0.4 is 5.32 Å². The summed E-state index contributed by atoms with van der Waals surface area (Å²) in [5.41, 5.74) is 4.03. The molecule has 0 saturated carbocycles. The number of phenols is 1. The first kappa shape index (κ1) is 21.0. The molecule has 0 radical (unpaired) electrons. The summed E-state index contributed by atoms with van der Waals surface area (Å²) in [5, 5.41) is 12.2. The number of ether oxygens (including phenoxy) is 1. The number of phenolic OH excluding ortho intramolecular Hbond substituents is 1. The zero-order valence-corrected chi connectivity index (χ0v) is 18.0. The van der Waals surface area contributed by atoms with Crippen LogP contribution in [0.2, 0.25) is 0 Å². The normalized spacial score (nSPS) is 13.5. The fraction of sp³-hybridized carbons (Fsp3) is 0.261. The van der Waals surface area contributed by atoms with Crippen LogP contribution in [0.15, 0.2) is 59.6 Å². The Labute approximate surface area is 181 Å². The number of aryl methyl sites for hydroxylation is 1. The van der Waals surface area contributed by atoms with Crippen molar-refractivity contribution in [2.24, 2.45) is 0 Å². The van der Waals surface area contributed by atoms with Gasteiger partial charge in [0.1, 0.15) is 12.4 Å². The molecule has 162 valence electrons. The van der Waals surface area contributed by atoms with Crippen molar-refractivity contribution in [1.29, 1.82) is 0 Å². The highest BCUT2D eigenvalue weighted by atomic mass is 32.2. The van der Waals surface area contributed by atoms with Crippen LogP contribution in [0.3, 0.4) is 0 Å². The molecule has 0 spiro atoms. The topological polar surface area (TPSA) is 97.6 Å². The average Bonchev–Trinajstić information content (AvgIpc) is 3.11. The van der Waals surface area contributed by atoms with Gasteiger partial charge in [-0.05, 0) is 48.9 Å². The molecule has 0 saturated heterocycles. The van der Waals surface area contributed by atoms with Gasteiger partial charge in [0.05, 0.1) is 10.6 Å². The zero-order chi connectivity index (χ0) is 22.0. The number of benzene rings is 2. The molecule has 1 aliphatic rings. The van der Waals surface area contributed by atoms with E-state index in [0.717, 1.165) is 36.0 Å². The number of hydrogen-bond donors (Lipinski definition) is 2. The SMILES string of the molecule is CNC(=O)OCc1cn(S(=O)(=O)c2cccc(O)c2)c2c1CCCCc1ccccc1-2. The van der Waals surface area contributed by atoms with Crippen LogP contribution in [0.5, 0.6) is 5.75 Å². The van der Waals surface area contributed by atoms with Crippen LogP contribution in [0.25, 0.3) is 11.3 Å². The fourth-order valence-electron chi connectivity index (χ4n) is 4.00. The van der Waals surface area contributed by atoms with Crippen molar-refractivity contribution in [3.05, 3.63) is 71.4 Å². The van der Waals surface area contributed by atoms with Gasteiger partial charge in [0.25, 0.3) is 10.0 Å². The third-order valence-electron chi connectivity index (χ3n) is 5.50. The average molecular weight is 441 g/mol. The van der Waals surface area contributed by atoms with Crippen molar-refractivity contribution in [2.45, 2.75) is 37.2 Å². The number of fused-ring (bicyclic) bond motifs is 3. The number of rotatable bonds is 4. The largest absolute Gasteiger partial charge is 0.508 e. The van der Waals surface area contributed by atoms with E-state index in [1.807, 2.05) is 24.3 Å². The third kappa shape index (κ3) is 4.03. The molecule has 1 heterocycles. The molecule has 0 atom stereocenters. The van der Waals surface area contributed by atoms with Crippen molar-refractivity contribution in [3.63, 3.8) is 0 Å². The summed E-state index contributed by atoms with van der Waals surface area (Å²) in [6.07, 6.45) is 4.37. The Hall–Kier alpha value is -3.26. The summed E-state index contributed by atoms with van der Waals surface area (Å²) < 4.78 is 33.7. The molecule has 2 N–H and O–H groups in total. The molecule has 3 aromatic rings. The van der Waals surface area contributed by atoms with Crippen LogP contribution >= 0.6 is 0 Å². The van der Waals surface area contributed by atoms with Gasteiger partial charge in [-0.25, -0.2) is 17.2 Å². The lowest BCUT2D eigenvalue weighted by molar-refractivity contribution is 0.141. The summed E-state index contributed by atoms with van der Waals surface area (Å²) >= 11 is 0. The Balaban J connectivity index is 1.95. The van der Waals surface area contributed by atoms with Gasteiger partial charge < -0.3 is 15.2 Å². The first-order chi connectivity index (χ1) is 14.9. The molecule has 1 aromatic heterocycles. The molecule has 31 heavy (non-hydrogen) atoms. The van der Waals surface area contributed by atoms with Gasteiger partial charge in [-0.15, -0.1) is 0 Å². The quantitative estimate of drug-likeness (QED) is 0.643. The molecular weight excluding hydrogens is 416 g/mol. The van der Waals surface area contributed by atoms with Gasteiger partial charge in [-0.3, -0.25) is 0 Å². The van der Waals surface area contributed by atoms with Gasteiger partial charge in [0.15, 0.2) is 0 Å². The second-order valence-corrected chi connectivity index (χ2v) is 9.29. The van der Waals surface area contributed by atoms with Crippen LogP contribution in [0.1, 0.15) is 29.5 Å². The lowest BCUT2D eigenvalue weighted by Gasteiger charge is -2.18. The van der Waals surface area contributed by atoms with E-state index in [4.69, 9.17) is 4.74 Å². The molecule has 0 bridgehead atoms. The van der Waals surface area contributed by atoms with E-state index in [1.165, 1.54) is 41.5 Å². The van der Waals surface area contributed by atoms with Gasteiger partial charge in [0.2, 0.25) is 0 Å². The number of carbonyl (C=O) groups excluding carboxylic acids is 1. The minimum atomic E-state index is -4.00. The van der Waals surface area contributed by atoms with Gasteiger partial charge >= 0.3 is 6.09 Å². The third-order valence-corrected chi connectivity index (χ3v) is 7.16. The van der Waals surface area contributed by atoms with E-state index in [-0.39, 0.29) is 17.3 Å². The maximum Gasteiger partial charge on any atom is 0.407 e. The lowest BCUT2D eigenvalue weighted by Crippen LogP contribution is -2.19. The van der Waals surface area contributed by atoms with Crippen molar-refractivity contribution in [1.82, 2.24) is 9.29 Å². The maximum atomic E-state index is 13.6. The van der Waals surface area contributed by atoms with E-state index < -0.39 is 16.1 Å². The van der Waals surface area contributed by atoms with Crippen molar-refractivity contribution < 1.29 is 23.1 Å². The molecule has 7 nitrogen and oxygen atoms in total. The molecule has 0 aliphatic heterocycles. The van der Waals surface area contributed by atoms with E-state index in [1.54, 1.807) is 0 Å². The van der Waals surface area contributed by atoms with Gasteiger partial charge in [-0.2, -0.15) is 0 Å². The van der Waals surface area contributed by atoms with Crippen molar-refractivity contribution in [2.75, 3.05) is 7.05 Å². The molecule has 1 amide bonds. The number of hydrogen-bond acceptors (Lipinski definition) is 5. The minimum Gasteiger partial charge on any atom is -0.508 e. The monoisotopic (exact) mass is 440 g/mol. The van der Waals surface area contributed by atoms with Crippen LogP contribution in [-0.4, -0.2) is 30.6 Å². The summed E-state index contributed by atoms with van der Waals surface area (Å²) in [6, 6.07) is 13.4. The Morgan fingerprint density at radius 2 is 1.90 bits per heavy atom. The molecule has 2 aromatic carbocycles. The predicted molar refractivity (Wildman–Crippen MR) is 116 cm³/mol. The number of nitrogens with one attached hydrogen (secondary N) is 1. The Bertz CT molecular complexity index is 1230. The maximum absolute atomic E-state index is 13.6. The van der Waals surface area contributed by atoms with Gasteiger partial charge in [0, 0.05) is 30.4 Å². The second-order valence-electron chi connectivity index (χ2n) is 7.47. The first-order valence-corrected chi connectivity index (χ1v) is 11.6. The fourth-order valence-corrected chi connectivity index (χ4v) is 5.47. The highest BCUT2D eigenvalue weighted by Crippen LogP contribution is 2.37. The highest BCUT2D eigenvalue weighted by Gasteiger charge is 2.28.